The number of benzene rings is 7. The van der Waals surface area contributed by atoms with Crippen LogP contribution in [0.25, 0.3) is 99.8 Å². The second-order valence-corrected chi connectivity index (χ2v) is 12.2. The monoisotopic (exact) mass is 626 g/mol. The second-order valence-electron chi connectivity index (χ2n) is 12.2. The second kappa shape index (κ2) is 10.9. The van der Waals surface area contributed by atoms with Gasteiger partial charge >= 0.3 is 0 Å². The van der Waals surface area contributed by atoms with E-state index in [4.69, 9.17) is 24.4 Å². The highest BCUT2D eigenvalue weighted by atomic mass is 16.3. The highest BCUT2D eigenvalue weighted by Crippen LogP contribution is 2.42. The van der Waals surface area contributed by atoms with Gasteiger partial charge in [-0.3, -0.25) is 0 Å². The summed E-state index contributed by atoms with van der Waals surface area (Å²) < 4.78 is 6.66. The summed E-state index contributed by atoms with van der Waals surface area (Å²) in [7, 11) is 0. The topological polar surface area (TPSA) is 64.7 Å². The SMILES string of the molecule is c1ccc(-c2nc(-c3cc4ccccc4c4ccccc34)nc(-c3ccc(-c4ccccc4)c4oc5nc6ccccc6cc5c34)n2)cc1. The van der Waals surface area contributed by atoms with Gasteiger partial charge in [-0.1, -0.05) is 127 Å². The minimum absolute atomic E-state index is 0.571. The molecule has 0 bridgehead atoms. The summed E-state index contributed by atoms with van der Waals surface area (Å²) in [6.45, 7) is 0. The van der Waals surface area contributed by atoms with Crippen molar-refractivity contribution in [2.45, 2.75) is 0 Å². The maximum atomic E-state index is 6.66. The molecule has 228 valence electrons. The van der Waals surface area contributed by atoms with Crippen molar-refractivity contribution >= 4 is 54.5 Å². The van der Waals surface area contributed by atoms with Gasteiger partial charge in [0.05, 0.1) is 5.52 Å². The number of fused-ring (bicyclic) bond motifs is 7. The first kappa shape index (κ1) is 27.4. The summed E-state index contributed by atoms with van der Waals surface area (Å²) in [4.78, 5) is 20.5. The molecule has 0 aliphatic carbocycles. The summed E-state index contributed by atoms with van der Waals surface area (Å²) >= 11 is 0. The van der Waals surface area contributed by atoms with Gasteiger partial charge in [0.25, 0.3) is 0 Å². The summed E-state index contributed by atoms with van der Waals surface area (Å²) in [5.74, 6) is 1.79. The predicted octanol–water partition coefficient (Wildman–Crippen LogP) is 11.3. The first-order valence-electron chi connectivity index (χ1n) is 16.3. The maximum absolute atomic E-state index is 6.66. The van der Waals surface area contributed by atoms with Gasteiger partial charge in [-0.15, -0.1) is 0 Å². The van der Waals surface area contributed by atoms with Crippen LogP contribution in [-0.2, 0) is 0 Å². The van der Waals surface area contributed by atoms with Crippen LogP contribution in [0.2, 0.25) is 0 Å². The van der Waals surface area contributed by atoms with E-state index >= 15 is 0 Å². The van der Waals surface area contributed by atoms with Crippen LogP contribution in [0.15, 0.2) is 162 Å². The van der Waals surface area contributed by atoms with Crippen molar-refractivity contribution in [2.24, 2.45) is 0 Å². The molecule has 0 atom stereocenters. The number of aromatic nitrogens is 4. The molecule has 0 amide bonds. The average molecular weight is 627 g/mol. The van der Waals surface area contributed by atoms with E-state index in [9.17, 15) is 0 Å². The highest BCUT2D eigenvalue weighted by Gasteiger charge is 2.22. The fraction of sp³-hybridized carbons (Fsp3) is 0. The smallest absolute Gasteiger partial charge is 0.227 e. The molecule has 0 saturated carbocycles. The molecular weight excluding hydrogens is 601 g/mol. The molecule has 10 aromatic rings. The number of furan rings is 1. The Morgan fingerprint density at radius 3 is 1.76 bits per heavy atom. The molecule has 0 aliphatic rings. The fourth-order valence-electron chi connectivity index (χ4n) is 7.01. The van der Waals surface area contributed by atoms with Gasteiger partial charge in [-0.05, 0) is 57.4 Å². The Morgan fingerprint density at radius 2 is 0.959 bits per heavy atom. The molecule has 49 heavy (non-hydrogen) atoms. The summed E-state index contributed by atoms with van der Waals surface area (Å²) in [6, 6.07) is 54.1. The Morgan fingerprint density at radius 1 is 0.367 bits per heavy atom. The van der Waals surface area contributed by atoms with Crippen molar-refractivity contribution in [1.29, 1.82) is 0 Å². The minimum atomic E-state index is 0.571. The zero-order valence-corrected chi connectivity index (χ0v) is 26.2. The third-order valence-electron chi connectivity index (χ3n) is 9.32. The molecule has 0 saturated heterocycles. The largest absolute Gasteiger partial charge is 0.437 e. The molecule has 0 unspecified atom stereocenters. The maximum Gasteiger partial charge on any atom is 0.227 e. The Labute approximate surface area is 281 Å². The van der Waals surface area contributed by atoms with Crippen LogP contribution in [-0.4, -0.2) is 19.9 Å². The van der Waals surface area contributed by atoms with Crippen LogP contribution >= 0.6 is 0 Å². The summed E-state index contributed by atoms with van der Waals surface area (Å²) in [6.07, 6.45) is 0. The van der Waals surface area contributed by atoms with Crippen molar-refractivity contribution < 1.29 is 4.42 Å². The van der Waals surface area contributed by atoms with Crippen LogP contribution in [0.3, 0.4) is 0 Å². The van der Waals surface area contributed by atoms with E-state index in [0.29, 0.717) is 23.2 Å². The summed E-state index contributed by atoms with van der Waals surface area (Å²) in [5.41, 5.74) is 6.99. The Hall–Kier alpha value is -6.72. The van der Waals surface area contributed by atoms with E-state index in [1.807, 2.05) is 66.7 Å². The lowest BCUT2D eigenvalue weighted by Gasteiger charge is -2.13. The Balaban J connectivity index is 1.31. The van der Waals surface area contributed by atoms with E-state index in [1.54, 1.807) is 0 Å². The van der Waals surface area contributed by atoms with Gasteiger partial charge in [0.15, 0.2) is 17.5 Å². The standard InChI is InChI=1S/C44H26N4O/c1-3-13-27(14-4-1)32-23-24-35(39-37-26-30-18-8-12-22-38(30)45-44(37)49-40(32)39)42-46-41(28-15-5-2-6-16-28)47-43(48-42)36-25-29-17-7-9-19-31(29)33-20-10-11-21-34(33)36/h1-26H. The quantitative estimate of drug-likeness (QED) is 0.182. The number of pyridine rings is 1. The zero-order valence-electron chi connectivity index (χ0n) is 26.2. The number of hydrogen-bond acceptors (Lipinski definition) is 5. The minimum Gasteiger partial charge on any atom is -0.437 e. The number of rotatable bonds is 4. The van der Waals surface area contributed by atoms with Gasteiger partial charge in [-0.25, -0.2) is 19.9 Å². The zero-order chi connectivity index (χ0) is 32.3. The van der Waals surface area contributed by atoms with E-state index < -0.39 is 0 Å². The molecule has 5 nitrogen and oxygen atoms in total. The van der Waals surface area contributed by atoms with Crippen molar-refractivity contribution in [3.63, 3.8) is 0 Å². The van der Waals surface area contributed by atoms with Crippen molar-refractivity contribution in [3.05, 3.63) is 158 Å². The lowest BCUT2D eigenvalue weighted by Crippen LogP contribution is -2.01. The van der Waals surface area contributed by atoms with Gasteiger partial charge in [0, 0.05) is 38.4 Å². The summed E-state index contributed by atoms with van der Waals surface area (Å²) in [5, 5.41) is 7.46. The molecule has 5 heteroatoms. The lowest BCUT2D eigenvalue weighted by molar-refractivity contribution is 0.657. The molecule has 3 heterocycles. The van der Waals surface area contributed by atoms with E-state index in [1.165, 1.54) is 5.39 Å². The van der Waals surface area contributed by atoms with Gasteiger partial charge in [-0.2, -0.15) is 0 Å². The fourth-order valence-corrected chi connectivity index (χ4v) is 7.01. The average Bonchev–Trinajstić information content (AvgIpc) is 3.55. The first-order valence-corrected chi connectivity index (χ1v) is 16.3. The molecular formula is C44H26N4O. The predicted molar refractivity (Wildman–Crippen MR) is 199 cm³/mol. The molecule has 10 rings (SSSR count). The van der Waals surface area contributed by atoms with E-state index in [-0.39, 0.29) is 0 Å². The van der Waals surface area contributed by atoms with Crippen molar-refractivity contribution in [2.75, 3.05) is 0 Å². The lowest BCUT2D eigenvalue weighted by atomic mass is 9.96. The van der Waals surface area contributed by atoms with Crippen LogP contribution in [0.4, 0.5) is 0 Å². The Bertz CT molecular complexity index is 2880. The van der Waals surface area contributed by atoms with E-state index in [0.717, 1.165) is 71.2 Å². The molecule has 3 aromatic heterocycles. The third kappa shape index (κ3) is 4.48. The molecule has 0 spiro atoms. The Kier molecular flexibility index (Phi) is 6.11. The first-order chi connectivity index (χ1) is 24.3. The number of nitrogens with zero attached hydrogens (tertiary/aromatic N) is 4. The van der Waals surface area contributed by atoms with Gasteiger partial charge < -0.3 is 4.42 Å². The molecule has 0 aliphatic heterocycles. The molecule has 0 fully saturated rings. The highest BCUT2D eigenvalue weighted by molar-refractivity contribution is 6.17. The molecule has 0 N–H and O–H groups in total. The van der Waals surface area contributed by atoms with Crippen LogP contribution in [0.1, 0.15) is 0 Å². The number of para-hydroxylation sites is 1. The number of hydrogen-bond donors (Lipinski definition) is 0. The molecule has 0 radical (unpaired) electrons. The van der Waals surface area contributed by atoms with Gasteiger partial charge in [0.1, 0.15) is 5.58 Å². The normalized spacial score (nSPS) is 11.7. The van der Waals surface area contributed by atoms with Crippen LogP contribution in [0.5, 0.6) is 0 Å². The van der Waals surface area contributed by atoms with Crippen LogP contribution in [0, 0.1) is 0 Å². The van der Waals surface area contributed by atoms with E-state index in [2.05, 4.69) is 91.0 Å². The third-order valence-corrected chi connectivity index (χ3v) is 9.32. The van der Waals surface area contributed by atoms with Gasteiger partial charge in [0.2, 0.25) is 5.71 Å². The van der Waals surface area contributed by atoms with Crippen molar-refractivity contribution in [1.82, 2.24) is 19.9 Å². The molecule has 7 aromatic carbocycles. The van der Waals surface area contributed by atoms with Crippen LogP contribution < -0.4 is 0 Å². The van der Waals surface area contributed by atoms with Crippen molar-refractivity contribution in [3.8, 4) is 45.3 Å².